The van der Waals surface area contributed by atoms with E-state index in [9.17, 15) is 0 Å². The van der Waals surface area contributed by atoms with Crippen LogP contribution >= 0.6 is 0 Å². The monoisotopic (exact) mass is 152 g/mol. The smallest absolute Gasteiger partial charge is 0.179 e. The zero-order chi connectivity index (χ0) is 7.84. The van der Waals surface area contributed by atoms with E-state index in [1.54, 1.807) is 30.2 Å². The quantitative estimate of drug-likeness (QED) is 0.614. The van der Waals surface area contributed by atoms with Crippen molar-refractivity contribution in [2.45, 2.75) is 0 Å². The van der Waals surface area contributed by atoms with Gasteiger partial charge in [-0.2, -0.15) is 0 Å². The van der Waals surface area contributed by atoms with E-state index in [1.807, 2.05) is 0 Å². The molecule has 2 N–H and O–H groups in total. The Bertz CT molecular complexity index is 375. The van der Waals surface area contributed by atoms with E-state index in [1.165, 1.54) is 4.85 Å². The first-order valence-corrected chi connectivity index (χ1v) is 3.17. The summed E-state index contributed by atoms with van der Waals surface area (Å²) in [7, 11) is 1.57. The van der Waals surface area contributed by atoms with Crippen LogP contribution in [-0.2, 0) is 0 Å². The lowest BCUT2D eigenvalue weighted by molar-refractivity contribution is 0.124. The van der Waals surface area contributed by atoms with Crippen molar-refractivity contribution >= 4 is 11.3 Å². The second kappa shape index (κ2) is 1.91. The number of nitrogen functional groups attached to an aromatic ring is 1. The minimum Gasteiger partial charge on any atom is -0.401 e. The molecule has 11 heavy (non-hydrogen) atoms. The number of rotatable bonds is 1. The summed E-state index contributed by atoms with van der Waals surface area (Å²) in [6.07, 6.45) is 5.11. The lowest BCUT2D eigenvalue weighted by atomic mass is 10.6. The van der Waals surface area contributed by atoms with Crippen LogP contribution in [0.3, 0.4) is 0 Å². The van der Waals surface area contributed by atoms with Crippen LogP contribution in [0.5, 0.6) is 0 Å². The second-order valence-electron chi connectivity index (χ2n) is 2.16. The minimum absolute atomic E-state index is 0.608. The third kappa shape index (κ3) is 0.674. The van der Waals surface area contributed by atoms with E-state index >= 15 is 0 Å². The van der Waals surface area contributed by atoms with Gasteiger partial charge in [0.25, 0.3) is 0 Å². The molecule has 0 saturated carbocycles. The normalized spacial score (nSPS) is 10.6. The maximum absolute atomic E-state index is 5.61. The summed E-state index contributed by atoms with van der Waals surface area (Å²) >= 11 is 0. The molecule has 2 heterocycles. The number of nitrogens with zero attached hydrogens (tertiary/aromatic N) is 3. The Morgan fingerprint density at radius 3 is 3.18 bits per heavy atom. The van der Waals surface area contributed by atoms with Gasteiger partial charge < -0.3 is 10.6 Å². The predicted octanol–water partition coefficient (Wildman–Crippen LogP) is -0.224. The predicted molar refractivity (Wildman–Crippen MR) is 40.1 cm³/mol. The average Bonchev–Trinajstić information content (AvgIpc) is 2.54. The van der Waals surface area contributed by atoms with Gasteiger partial charge in [0.2, 0.25) is 0 Å². The molecule has 0 amide bonds. The van der Waals surface area contributed by atoms with Crippen molar-refractivity contribution in [2.24, 2.45) is 0 Å². The first kappa shape index (κ1) is 6.09. The highest BCUT2D eigenvalue weighted by atomic mass is 16.7. The lowest BCUT2D eigenvalue weighted by Crippen LogP contribution is -2.09. The summed E-state index contributed by atoms with van der Waals surface area (Å²) < 4.78 is 1.72. The summed E-state index contributed by atoms with van der Waals surface area (Å²) in [5.74, 6) is 0. The molecule has 2 aromatic rings. The van der Waals surface area contributed by atoms with Crippen LogP contribution in [0, 0.1) is 0 Å². The van der Waals surface area contributed by atoms with Crippen molar-refractivity contribution in [3.63, 3.8) is 0 Å². The zero-order valence-corrected chi connectivity index (χ0v) is 6.06. The van der Waals surface area contributed by atoms with Crippen LogP contribution in [0.25, 0.3) is 5.65 Å². The molecular weight excluding hydrogens is 144 g/mol. The Hall–Kier alpha value is -1.65. The highest BCUT2D eigenvalue weighted by Gasteiger charge is 2.04. The summed E-state index contributed by atoms with van der Waals surface area (Å²) in [6.45, 7) is 0. The summed E-state index contributed by atoms with van der Waals surface area (Å²) in [6, 6.07) is 0. The van der Waals surface area contributed by atoms with Crippen molar-refractivity contribution in [3.8, 4) is 0 Å². The molecule has 0 radical (unpaired) electrons. The molecule has 0 aromatic carbocycles. The van der Waals surface area contributed by atoms with Gasteiger partial charge in [-0.05, 0) is 0 Å². The number of fused-ring (bicyclic) bond motifs is 1. The van der Waals surface area contributed by atoms with Gasteiger partial charge in [-0.1, -0.05) is 0 Å². The fraction of sp³-hybridized carbons (Fsp3) is 0.167. The van der Waals surface area contributed by atoms with E-state index < -0.39 is 0 Å². The molecule has 0 fully saturated rings. The molecule has 0 saturated heterocycles. The number of anilines is 1. The van der Waals surface area contributed by atoms with Gasteiger partial charge in [-0.3, -0.25) is 0 Å². The SMILES string of the molecule is COn1cc(N)c2nccn21. The molecule has 0 aliphatic rings. The number of aromatic nitrogens is 3. The Kier molecular flexibility index (Phi) is 1.06. The van der Waals surface area contributed by atoms with Gasteiger partial charge in [0.15, 0.2) is 5.65 Å². The van der Waals surface area contributed by atoms with Crippen LogP contribution in [0.2, 0.25) is 0 Å². The molecule has 5 nitrogen and oxygen atoms in total. The standard InChI is InChI=1S/C6H8N4O/c1-11-10-4-5(7)6-8-2-3-9(6)10/h2-4H,7H2,1H3. The van der Waals surface area contributed by atoms with Crippen LogP contribution in [0.1, 0.15) is 0 Å². The first-order valence-electron chi connectivity index (χ1n) is 3.17. The van der Waals surface area contributed by atoms with Crippen molar-refractivity contribution in [2.75, 3.05) is 12.8 Å². The van der Waals surface area contributed by atoms with Crippen molar-refractivity contribution in [1.29, 1.82) is 0 Å². The number of imidazole rings is 1. The average molecular weight is 152 g/mol. The molecule has 0 unspecified atom stereocenters. The molecule has 0 spiro atoms. The number of nitrogens with two attached hydrogens (primary N) is 1. The van der Waals surface area contributed by atoms with Gasteiger partial charge in [-0.15, -0.1) is 4.85 Å². The fourth-order valence-electron chi connectivity index (χ4n) is 1.04. The molecule has 0 bridgehead atoms. The van der Waals surface area contributed by atoms with Crippen LogP contribution in [0.4, 0.5) is 5.69 Å². The molecule has 0 aliphatic carbocycles. The van der Waals surface area contributed by atoms with Gasteiger partial charge in [0.1, 0.15) is 7.11 Å². The molecule has 2 aromatic heterocycles. The van der Waals surface area contributed by atoms with E-state index in [-0.39, 0.29) is 0 Å². The third-order valence-corrected chi connectivity index (χ3v) is 1.53. The fourth-order valence-corrected chi connectivity index (χ4v) is 1.04. The van der Waals surface area contributed by atoms with Crippen LogP contribution < -0.4 is 10.6 Å². The van der Waals surface area contributed by atoms with Gasteiger partial charge in [0.05, 0.1) is 18.1 Å². The maximum atomic E-state index is 5.61. The maximum Gasteiger partial charge on any atom is 0.179 e. The van der Waals surface area contributed by atoms with Gasteiger partial charge in [0, 0.05) is 6.20 Å². The van der Waals surface area contributed by atoms with Crippen molar-refractivity contribution in [1.82, 2.24) is 14.3 Å². The summed E-state index contributed by atoms with van der Waals surface area (Å²) in [4.78, 5) is 10.5. The molecule has 0 atom stereocenters. The highest BCUT2D eigenvalue weighted by Crippen LogP contribution is 2.10. The third-order valence-electron chi connectivity index (χ3n) is 1.53. The van der Waals surface area contributed by atoms with Crippen molar-refractivity contribution in [3.05, 3.63) is 18.6 Å². The first-order chi connectivity index (χ1) is 5.33. The Morgan fingerprint density at radius 2 is 2.45 bits per heavy atom. The van der Waals surface area contributed by atoms with Gasteiger partial charge >= 0.3 is 0 Å². The Labute approximate surface area is 62.9 Å². The van der Waals surface area contributed by atoms with E-state index in [2.05, 4.69) is 4.98 Å². The topological polar surface area (TPSA) is 57.5 Å². The number of hydrogen-bond acceptors (Lipinski definition) is 3. The van der Waals surface area contributed by atoms with Crippen LogP contribution in [0.15, 0.2) is 18.6 Å². The highest BCUT2D eigenvalue weighted by molar-refractivity contribution is 5.63. The van der Waals surface area contributed by atoms with Crippen molar-refractivity contribution < 1.29 is 4.84 Å². The minimum atomic E-state index is 0.608. The van der Waals surface area contributed by atoms with Crippen LogP contribution in [-0.4, -0.2) is 21.5 Å². The molecule has 58 valence electrons. The number of hydrogen-bond donors (Lipinski definition) is 1. The second-order valence-corrected chi connectivity index (χ2v) is 2.16. The zero-order valence-electron chi connectivity index (χ0n) is 6.06. The van der Waals surface area contributed by atoms with E-state index in [4.69, 9.17) is 10.6 Å². The summed E-state index contributed by atoms with van der Waals surface area (Å²) in [5, 5.41) is 0. The summed E-state index contributed by atoms with van der Waals surface area (Å²) in [5.41, 5.74) is 6.94. The molecular formula is C6H8N4O. The molecule has 5 heteroatoms. The Balaban J connectivity index is 2.80. The van der Waals surface area contributed by atoms with E-state index in [0.29, 0.717) is 11.3 Å². The Morgan fingerprint density at radius 1 is 1.64 bits per heavy atom. The van der Waals surface area contributed by atoms with E-state index in [0.717, 1.165) is 0 Å². The van der Waals surface area contributed by atoms with Gasteiger partial charge in [-0.25, -0.2) is 9.50 Å². The lowest BCUT2D eigenvalue weighted by Gasteiger charge is -1.98. The molecule has 2 rings (SSSR count). The largest absolute Gasteiger partial charge is 0.401 e. The molecule has 0 aliphatic heterocycles.